The van der Waals surface area contributed by atoms with Crippen LogP contribution in [0.15, 0.2) is 0 Å². The number of nitrogens with zero attached hydrogens (tertiary/aromatic N) is 1. The lowest BCUT2D eigenvalue weighted by molar-refractivity contribution is -0.124. The monoisotopic (exact) mass is 281 g/mol. The number of primary amides is 1. The standard InChI is InChI=1S/C16H31N3O/c1-12(2)18-16(3,15(17)20)9-11-19-10-8-13-6-4-5-7-14(13)19/h12-14,18H,4-11H2,1-3H3,(H2,17,20). The van der Waals surface area contributed by atoms with Crippen molar-refractivity contribution in [3.8, 4) is 0 Å². The van der Waals surface area contributed by atoms with E-state index in [2.05, 4.69) is 24.1 Å². The van der Waals surface area contributed by atoms with E-state index in [4.69, 9.17) is 5.73 Å². The van der Waals surface area contributed by atoms with Gasteiger partial charge in [0.1, 0.15) is 0 Å². The average molecular weight is 281 g/mol. The Kier molecular flexibility index (Phi) is 5.08. The largest absolute Gasteiger partial charge is 0.368 e. The van der Waals surface area contributed by atoms with Gasteiger partial charge in [0.15, 0.2) is 0 Å². The minimum absolute atomic E-state index is 0.231. The fourth-order valence-electron chi connectivity index (χ4n) is 4.05. The van der Waals surface area contributed by atoms with Gasteiger partial charge in [-0.25, -0.2) is 0 Å². The third-order valence-corrected chi connectivity index (χ3v) is 5.18. The number of carbonyl (C=O) groups is 1. The van der Waals surface area contributed by atoms with Crippen molar-refractivity contribution in [3.05, 3.63) is 0 Å². The minimum atomic E-state index is -0.582. The molecule has 2 fully saturated rings. The maximum atomic E-state index is 11.8. The molecule has 0 aromatic heterocycles. The van der Waals surface area contributed by atoms with E-state index in [0.29, 0.717) is 0 Å². The van der Waals surface area contributed by atoms with E-state index in [9.17, 15) is 4.79 Å². The highest BCUT2D eigenvalue weighted by Gasteiger charge is 2.38. The summed E-state index contributed by atoms with van der Waals surface area (Å²) in [7, 11) is 0. The first kappa shape index (κ1) is 15.8. The predicted molar refractivity (Wildman–Crippen MR) is 82.4 cm³/mol. The first-order chi connectivity index (χ1) is 9.42. The highest BCUT2D eigenvalue weighted by Crippen LogP contribution is 2.36. The molecule has 1 aliphatic heterocycles. The van der Waals surface area contributed by atoms with Crippen LogP contribution in [0, 0.1) is 5.92 Å². The number of amides is 1. The normalized spacial score (nSPS) is 30.2. The lowest BCUT2D eigenvalue weighted by Gasteiger charge is -2.35. The van der Waals surface area contributed by atoms with Crippen LogP contribution in [0.4, 0.5) is 0 Å². The average Bonchev–Trinajstić information content (AvgIpc) is 2.78. The lowest BCUT2D eigenvalue weighted by Crippen LogP contribution is -2.57. The number of likely N-dealkylation sites (tertiary alicyclic amines) is 1. The van der Waals surface area contributed by atoms with Gasteiger partial charge >= 0.3 is 0 Å². The van der Waals surface area contributed by atoms with Gasteiger partial charge < -0.3 is 16.0 Å². The molecule has 1 saturated carbocycles. The number of nitrogens with one attached hydrogen (secondary N) is 1. The molecule has 1 aliphatic carbocycles. The van der Waals surface area contributed by atoms with Crippen molar-refractivity contribution in [3.63, 3.8) is 0 Å². The Morgan fingerprint density at radius 1 is 1.35 bits per heavy atom. The van der Waals surface area contributed by atoms with E-state index in [0.717, 1.165) is 24.9 Å². The van der Waals surface area contributed by atoms with Gasteiger partial charge in [0.2, 0.25) is 5.91 Å². The summed E-state index contributed by atoms with van der Waals surface area (Å²) in [6.45, 7) is 8.26. The van der Waals surface area contributed by atoms with Crippen LogP contribution in [0.2, 0.25) is 0 Å². The molecule has 1 heterocycles. The molecule has 2 aliphatic rings. The lowest BCUT2D eigenvalue weighted by atomic mass is 9.85. The molecule has 4 heteroatoms. The van der Waals surface area contributed by atoms with Crippen LogP contribution in [0.1, 0.15) is 59.3 Å². The van der Waals surface area contributed by atoms with Gasteiger partial charge in [0.05, 0.1) is 5.54 Å². The van der Waals surface area contributed by atoms with Crippen molar-refractivity contribution < 1.29 is 4.79 Å². The Morgan fingerprint density at radius 2 is 2.05 bits per heavy atom. The highest BCUT2D eigenvalue weighted by atomic mass is 16.1. The van der Waals surface area contributed by atoms with Crippen LogP contribution in [0.3, 0.4) is 0 Å². The molecule has 20 heavy (non-hydrogen) atoms. The number of fused-ring (bicyclic) bond motifs is 1. The molecule has 3 atom stereocenters. The fourth-order valence-corrected chi connectivity index (χ4v) is 4.05. The van der Waals surface area contributed by atoms with Crippen LogP contribution in [-0.2, 0) is 4.79 Å². The van der Waals surface area contributed by atoms with E-state index in [-0.39, 0.29) is 11.9 Å². The van der Waals surface area contributed by atoms with Crippen molar-refractivity contribution in [2.24, 2.45) is 11.7 Å². The second-order valence-corrected chi connectivity index (χ2v) is 7.18. The van der Waals surface area contributed by atoms with Crippen LogP contribution in [0.25, 0.3) is 0 Å². The minimum Gasteiger partial charge on any atom is -0.368 e. The molecular weight excluding hydrogens is 250 g/mol. The summed E-state index contributed by atoms with van der Waals surface area (Å²) >= 11 is 0. The number of carbonyl (C=O) groups excluding carboxylic acids is 1. The summed E-state index contributed by atoms with van der Waals surface area (Å²) in [5.74, 6) is 0.673. The first-order valence-corrected chi connectivity index (χ1v) is 8.24. The Balaban J connectivity index is 1.91. The number of rotatable bonds is 6. The van der Waals surface area contributed by atoms with Crippen molar-refractivity contribution in [1.82, 2.24) is 10.2 Å². The number of nitrogens with two attached hydrogens (primary N) is 1. The summed E-state index contributed by atoms with van der Waals surface area (Å²) < 4.78 is 0. The first-order valence-electron chi connectivity index (χ1n) is 8.24. The summed E-state index contributed by atoms with van der Waals surface area (Å²) in [4.78, 5) is 14.4. The Labute approximate surface area is 123 Å². The second kappa shape index (κ2) is 6.44. The molecule has 0 radical (unpaired) electrons. The molecule has 1 amide bonds. The molecule has 2 rings (SSSR count). The zero-order chi connectivity index (χ0) is 14.8. The van der Waals surface area contributed by atoms with E-state index in [1.165, 1.54) is 38.6 Å². The molecule has 0 aromatic rings. The topological polar surface area (TPSA) is 58.4 Å². The third kappa shape index (κ3) is 3.53. The van der Waals surface area contributed by atoms with Crippen molar-refractivity contribution in [2.75, 3.05) is 13.1 Å². The van der Waals surface area contributed by atoms with Gasteiger partial charge in [0, 0.05) is 18.6 Å². The zero-order valence-corrected chi connectivity index (χ0v) is 13.3. The summed E-state index contributed by atoms with van der Waals surface area (Å²) in [5, 5.41) is 3.35. The molecule has 0 spiro atoms. The molecule has 1 saturated heterocycles. The zero-order valence-electron chi connectivity index (χ0n) is 13.3. The van der Waals surface area contributed by atoms with E-state index in [1.54, 1.807) is 0 Å². The summed E-state index contributed by atoms with van der Waals surface area (Å²) in [6.07, 6.45) is 7.67. The van der Waals surface area contributed by atoms with E-state index >= 15 is 0 Å². The van der Waals surface area contributed by atoms with E-state index in [1.807, 2.05) is 6.92 Å². The molecule has 3 unspecified atom stereocenters. The fraction of sp³-hybridized carbons (Fsp3) is 0.938. The van der Waals surface area contributed by atoms with Gasteiger partial charge in [-0.05, 0) is 58.9 Å². The second-order valence-electron chi connectivity index (χ2n) is 7.18. The smallest absolute Gasteiger partial charge is 0.237 e. The van der Waals surface area contributed by atoms with Crippen LogP contribution in [0.5, 0.6) is 0 Å². The van der Waals surface area contributed by atoms with Crippen LogP contribution >= 0.6 is 0 Å². The molecule has 116 valence electrons. The Hall–Kier alpha value is -0.610. The maximum Gasteiger partial charge on any atom is 0.237 e. The molecule has 0 aromatic carbocycles. The van der Waals surface area contributed by atoms with Gasteiger partial charge in [-0.2, -0.15) is 0 Å². The van der Waals surface area contributed by atoms with Gasteiger partial charge in [-0.3, -0.25) is 4.79 Å². The molecule has 3 N–H and O–H groups in total. The van der Waals surface area contributed by atoms with Crippen molar-refractivity contribution in [2.45, 2.75) is 76.9 Å². The highest BCUT2D eigenvalue weighted by molar-refractivity contribution is 5.84. The molecule has 0 bridgehead atoms. The Morgan fingerprint density at radius 3 is 2.70 bits per heavy atom. The number of hydrogen-bond donors (Lipinski definition) is 2. The Bertz CT molecular complexity index is 345. The summed E-state index contributed by atoms with van der Waals surface area (Å²) in [5.41, 5.74) is 5.03. The van der Waals surface area contributed by atoms with Gasteiger partial charge in [-0.1, -0.05) is 12.8 Å². The van der Waals surface area contributed by atoms with Crippen molar-refractivity contribution in [1.29, 1.82) is 0 Å². The number of hydrogen-bond acceptors (Lipinski definition) is 3. The quantitative estimate of drug-likeness (QED) is 0.781. The SMILES string of the molecule is CC(C)NC(C)(CCN1CCC2CCCCC21)C(N)=O. The van der Waals surface area contributed by atoms with Gasteiger partial charge in [0.25, 0.3) is 0 Å². The maximum absolute atomic E-state index is 11.8. The van der Waals surface area contributed by atoms with Crippen LogP contribution in [-0.4, -0.2) is 41.5 Å². The molecule has 4 nitrogen and oxygen atoms in total. The van der Waals surface area contributed by atoms with Crippen LogP contribution < -0.4 is 11.1 Å². The summed E-state index contributed by atoms with van der Waals surface area (Å²) in [6, 6.07) is 1.04. The van der Waals surface area contributed by atoms with E-state index < -0.39 is 5.54 Å². The molecular formula is C16H31N3O. The van der Waals surface area contributed by atoms with Crippen molar-refractivity contribution >= 4 is 5.91 Å². The van der Waals surface area contributed by atoms with Gasteiger partial charge in [-0.15, -0.1) is 0 Å². The third-order valence-electron chi connectivity index (χ3n) is 5.18. The predicted octanol–water partition coefficient (Wildman–Crippen LogP) is 1.88.